The molecule has 0 saturated heterocycles. The molecule has 0 radical (unpaired) electrons. The van der Waals surface area contributed by atoms with Gasteiger partial charge in [-0.2, -0.15) is 0 Å². The summed E-state index contributed by atoms with van der Waals surface area (Å²) in [6, 6.07) is 9.14. The Morgan fingerprint density at radius 1 is 1.10 bits per heavy atom. The van der Waals surface area contributed by atoms with Crippen LogP contribution in [0.1, 0.15) is 57.9 Å². The van der Waals surface area contributed by atoms with Crippen molar-refractivity contribution >= 4 is 0 Å². The van der Waals surface area contributed by atoms with Crippen molar-refractivity contribution < 1.29 is 4.74 Å². The van der Waals surface area contributed by atoms with Gasteiger partial charge in [-0.1, -0.05) is 51.7 Å². The number of benzene rings is 1. The molecule has 21 heavy (non-hydrogen) atoms. The molecule has 2 rings (SSSR count). The molecule has 1 fully saturated rings. The summed E-state index contributed by atoms with van der Waals surface area (Å²) in [6.07, 6.45) is 9.26. The smallest absolute Gasteiger partial charge is 0.119 e. The van der Waals surface area contributed by atoms with E-state index in [0.29, 0.717) is 6.04 Å². The van der Waals surface area contributed by atoms with Crippen LogP contribution in [0.15, 0.2) is 24.3 Å². The summed E-state index contributed by atoms with van der Waals surface area (Å²) >= 11 is 0. The van der Waals surface area contributed by atoms with Crippen LogP contribution < -0.4 is 10.1 Å². The number of aryl methyl sites for hydroxylation is 1. The van der Waals surface area contributed by atoms with Gasteiger partial charge in [-0.25, -0.2) is 0 Å². The summed E-state index contributed by atoms with van der Waals surface area (Å²) < 4.78 is 6.04. The van der Waals surface area contributed by atoms with Gasteiger partial charge in [-0.3, -0.25) is 0 Å². The molecule has 1 saturated carbocycles. The number of ether oxygens (including phenoxy) is 1. The predicted molar refractivity (Wildman–Crippen MR) is 90.0 cm³/mol. The standard InChI is InChI=1S/C19H31NO/c1-3-8-16-11-13-18(14-12-16)21-15-19(20-4-2)17-9-6-5-7-10-17/h11-14,17,19-20H,3-10,15H2,1-2H3. The van der Waals surface area contributed by atoms with Crippen molar-refractivity contribution in [2.45, 2.75) is 64.8 Å². The monoisotopic (exact) mass is 289 g/mol. The highest BCUT2D eigenvalue weighted by atomic mass is 16.5. The van der Waals surface area contributed by atoms with Crippen LogP contribution in [0, 0.1) is 5.92 Å². The molecule has 0 aromatic heterocycles. The highest BCUT2D eigenvalue weighted by Crippen LogP contribution is 2.27. The van der Waals surface area contributed by atoms with Crippen molar-refractivity contribution in [1.82, 2.24) is 5.32 Å². The topological polar surface area (TPSA) is 21.3 Å². The Bertz CT molecular complexity index is 381. The van der Waals surface area contributed by atoms with Crippen LogP contribution in [0.3, 0.4) is 0 Å². The van der Waals surface area contributed by atoms with Crippen molar-refractivity contribution in [2.75, 3.05) is 13.2 Å². The molecule has 2 heteroatoms. The number of rotatable bonds is 8. The third kappa shape index (κ3) is 5.35. The maximum atomic E-state index is 6.04. The predicted octanol–water partition coefficient (Wildman–Crippen LogP) is 4.58. The van der Waals surface area contributed by atoms with E-state index in [1.54, 1.807) is 0 Å². The Kier molecular flexibility index (Phi) is 7.08. The van der Waals surface area contributed by atoms with Gasteiger partial charge >= 0.3 is 0 Å². The van der Waals surface area contributed by atoms with Gasteiger partial charge in [-0.05, 0) is 49.4 Å². The highest BCUT2D eigenvalue weighted by Gasteiger charge is 2.23. The first-order valence-corrected chi connectivity index (χ1v) is 8.78. The third-order valence-electron chi connectivity index (χ3n) is 4.58. The second kappa shape index (κ2) is 9.09. The fourth-order valence-corrected chi connectivity index (χ4v) is 3.39. The quantitative estimate of drug-likeness (QED) is 0.756. The van der Waals surface area contributed by atoms with E-state index < -0.39 is 0 Å². The van der Waals surface area contributed by atoms with E-state index in [1.165, 1.54) is 44.1 Å². The Labute approximate surface area is 130 Å². The van der Waals surface area contributed by atoms with Gasteiger partial charge in [0.1, 0.15) is 12.4 Å². The zero-order chi connectivity index (χ0) is 14.9. The minimum absolute atomic E-state index is 0.505. The lowest BCUT2D eigenvalue weighted by Gasteiger charge is -2.30. The van der Waals surface area contributed by atoms with Crippen LogP contribution in [-0.4, -0.2) is 19.2 Å². The number of hydrogen-bond donors (Lipinski definition) is 1. The maximum Gasteiger partial charge on any atom is 0.119 e. The lowest BCUT2D eigenvalue weighted by Crippen LogP contribution is -2.41. The van der Waals surface area contributed by atoms with Crippen molar-refractivity contribution in [3.8, 4) is 5.75 Å². The summed E-state index contributed by atoms with van der Waals surface area (Å²) in [5, 5.41) is 3.63. The molecule has 2 nitrogen and oxygen atoms in total. The van der Waals surface area contributed by atoms with Crippen molar-refractivity contribution in [3.05, 3.63) is 29.8 Å². The fraction of sp³-hybridized carbons (Fsp3) is 0.684. The zero-order valence-electron chi connectivity index (χ0n) is 13.7. The van der Waals surface area contributed by atoms with E-state index in [9.17, 15) is 0 Å². The van der Waals surface area contributed by atoms with Crippen LogP contribution in [0.4, 0.5) is 0 Å². The van der Waals surface area contributed by atoms with Crippen LogP contribution >= 0.6 is 0 Å². The molecule has 1 aromatic rings. The molecule has 0 aliphatic heterocycles. The van der Waals surface area contributed by atoms with Gasteiger partial charge in [0, 0.05) is 6.04 Å². The second-order valence-corrected chi connectivity index (χ2v) is 6.27. The normalized spacial score (nSPS) is 17.6. The third-order valence-corrected chi connectivity index (χ3v) is 4.58. The Hall–Kier alpha value is -1.02. The molecule has 0 heterocycles. The first-order chi connectivity index (χ1) is 10.3. The molecule has 0 amide bonds. The average Bonchev–Trinajstić information content (AvgIpc) is 2.54. The van der Waals surface area contributed by atoms with Crippen molar-refractivity contribution in [3.63, 3.8) is 0 Å². The molecule has 1 aliphatic rings. The minimum atomic E-state index is 0.505. The first-order valence-electron chi connectivity index (χ1n) is 8.78. The van der Waals surface area contributed by atoms with Gasteiger partial charge in [-0.15, -0.1) is 0 Å². The molecular weight excluding hydrogens is 258 g/mol. The summed E-state index contributed by atoms with van der Waals surface area (Å²) in [5.74, 6) is 1.80. The lowest BCUT2D eigenvalue weighted by molar-refractivity contribution is 0.187. The molecule has 0 bridgehead atoms. The maximum absolute atomic E-state index is 6.04. The van der Waals surface area contributed by atoms with Gasteiger partial charge in [0.15, 0.2) is 0 Å². The molecule has 1 N–H and O–H groups in total. The largest absolute Gasteiger partial charge is 0.492 e. The van der Waals surface area contributed by atoms with E-state index in [2.05, 4.69) is 43.4 Å². The first kappa shape index (κ1) is 16.4. The Morgan fingerprint density at radius 2 is 1.81 bits per heavy atom. The molecule has 1 aromatic carbocycles. The SMILES string of the molecule is CCCc1ccc(OCC(NCC)C2CCCCC2)cc1. The van der Waals surface area contributed by atoms with E-state index >= 15 is 0 Å². The van der Waals surface area contributed by atoms with Gasteiger partial charge in [0.05, 0.1) is 0 Å². The summed E-state index contributed by atoms with van der Waals surface area (Å²) in [6.45, 7) is 6.23. The van der Waals surface area contributed by atoms with E-state index in [-0.39, 0.29) is 0 Å². The molecular formula is C19H31NO. The molecule has 0 spiro atoms. The van der Waals surface area contributed by atoms with E-state index in [1.807, 2.05) is 0 Å². The summed E-state index contributed by atoms with van der Waals surface area (Å²) in [5.41, 5.74) is 1.40. The van der Waals surface area contributed by atoms with Gasteiger partial charge in [0.2, 0.25) is 0 Å². The Balaban J connectivity index is 1.85. The van der Waals surface area contributed by atoms with E-state index in [4.69, 9.17) is 4.74 Å². The van der Waals surface area contributed by atoms with Crippen molar-refractivity contribution in [1.29, 1.82) is 0 Å². The van der Waals surface area contributed by atoms with Gasteiger partial charge in [0.25, 0.3) is 0 Å². The molecule has 118 valence electrons. The number of hydrogen-bond acceptors (Lipinski definition) is 2. The number of nitrogens with one attached hydrogen (secondary N) is 1. The van der Waals surface area contributed by atoms with Crippen molar-refractivity contribution in [2.24, 2.45) is 5.92 Å². The van der Waals surface area contributed by atoms with Crippen LogP contribution in [0.5, 0.6) is 5.75 Å². The average molecular weight is 289 g/mol. The van der Waals surface area contributed by atoms with Gasteiger partial charge < -0.3 is 10.1 Å². The molecule has 1 atom stereocenters. The van der Waals surface area contributed by atoms with Crippen LogP contribution in [0.2, 0.25) is 0 Å². The molecule has 1 aliphatic carbocycles. The minimum Gasteiger partial charge on any atom is -0.492 e. The van der Waals surface area contributed by atoms with Crippen LogP contribution in [0.25, 0.3) is 0 Å². The zero-order valence-corrected chi connectivity index (χ0v) is 13.7. The summed E-state index contributed by atoms with van der Waals surface area (Å²) in [7, 11) is 0. The fourth-order valence-electron chi connectivity index (χ4n) is 3.39. The number of likely N-dealkylation sites (N-methyl/N-ethyl adjacent to an activating group) is 1. The molecule has 1 unspecified atom stereocenters. The highest BCUT2D eigenvalue weighted by molar-refractivity contribution is 5.27. The van der Waals surface area contributed by atoms with Crippen LogP contribution in [-0.2, 0) is 6.42 Å². The van der Waals surface area contributed by atoms with E-state index in [0.717, 1.165) is 31.2 Å². The second-order valence-electron chi connectivity index (χ2n) is 6.27. The summed E-state index contributed by atoms with van der Waals surface area (Å²) in [4.78, 5) is 0. The lowest BCUT2D eigenvalue weighted by atomic mass is 9.84. The Morgan fingerprint density at radius 3 is 2.43 bits per heavy atom.